The Morgan fingerprint density at radius 3 is 2.07 bits per heavy atom. The van der Waals surface area contributed by atoms with Crippen LogP contribution in [0.25, 0.3) is 0 Å². The number of hydrogen-bond donors (Lipinski definition) is 1. The van der Waals surface area contributed by atoms with Crippen molar-refractivity contribution < 1.29 is 32.2 Å². The number of amides is 2. The molecule has 10 nitrogen and oxygen atoms in total. The van der Waals surface area contributed by atoms with E-state index < -0.39 is 28.5 Å². The number of likely N-dealkylation sites (N-methyl/N-ethyl adjacent to an activating group) is 1. The smallest absolute Gasteiger partial charge is 0.264 e. The van der Waals surface area contributed by atoms with Gasteiger partial charge >= 0.3 is 0 Å². The Bertz CT molecular complexity index is 1410. The van der Waals surface area contributed by atoms with Crippen LogP contribution in [0.2, 0.25) is 0 Å². The normalized spacial score (nSPS) is 11.7. The predicted octanol–water partition coefficient (Wildman–Crippen LogP) is 3.85. The fourth-order valence-electron chi connectivity index (χ4n) is 4.37. The molecule has 0 heterocycles. The Labute approximate surface area is 241 Å². The van der Waals surface area contributed by atoms with E-state index in [-0.39, 0.29) is 23.0 Å². The molecule has 0 spiro atoms. The van der Waals surface area contributed by atoms with E-state index in [9.17, 15) is 18.0 Å². The van der Waals surface area contributed by atoms with Gasteiger partial charge in [0.2, 0.25) is 11.8 Å². The molecule has 0 bridgehead atoms. The second-order valence-electron chi connectivity index (χ2n) is 9.05. The van der Waals surface area contributed by atoms with E-state index in [1.165, 1.54) is 37.3 Å². The number of nitrogens with zero attached hydrogens (tertiary/aromatic N) is 2. The number of ether oxygens (including phenoxy) is 3. The summed E-state index contributed by atoms with van der Waals surface area (Å²) >= 11 is 0. The van der Waals surface area contributed by atoms with Crippen LogP contribution in [0.1, 0.15) is 25.8 Å². The molecule has 0 fully saturated rings. The van der Waals surface area contributed by atoms with Crippen LogP contribution in [0.5, 0.6) is 17.2 Å². The first kappa shape index (κ1) is 31.3. The Kier molecular flexibility index (Phi) is 11.0. The highest BCUT2D eigenvalue weighted by Gasteiger charge is 2.34. The zero-order chi connectivity index (χ0) is 30.0. The van der Waals surface area contributed by atoms with Crippen molar-refractivity contribution in [1.29, 1.82) is 0 Å². The molecule has 0 radical (unpaired) electrons. The maximum absolute atomic E-state index is 14.1. The van der Waals surface area contributed by atoms with Gasteiger partial charge in [-0.3, -0.25) is 13.9 Å². The molecular weight excluding hydrogens is 546 g/mol. The van der Waals surface area contributed by atoms with Crippen LogP contribution in [0.4, 0.5) is 5.69 Å². The summed E-state index contributed by atoms with van der Waals surface area (Å²) in [7, 11) is 0.276. The summed E-state index contributed by atoms with van der Waals surface area (Å²) in [6, 6.07) is 18.8. The summed E-state index contributed by atoms with van der Waals surface area (Å²) in [5, 5.41) is 2.79. The van der Waals surface area contributed by atoms with Gasteiger partial charge in [-0.2, -0.15) is 0 Å². The molecule has 0 saturated carbocycles. The van der Waals surface area contributed by atoms with Crippen LogP contribution in [0.15, 0.2) is 77.7 Å². The molecule has 11 heteroatoms. The summed E-state index contributed by atoms with van der Waals surface area (Å²) in [6.07, 6.45) is 0.329. The standard InChI is InChI=1S/C30H37N3O7S/c1-6-26(30(35)31-7-2)32(20-22-13-16-24(38-3)17-14-22)29(34)21-33(41(36,37)25-11-9-8-10-12-25)23-15-18-27(39-4)28(19-23)40-5/h8-19,26H,6-7,20-21H2,1-5H3,(H,31,35). The van der Waals surface area contributed by atoms with Crippen LogP contribution < -0.4 is 23.8 Å². The zero-order valence-corrected chi connectivity index (χ0v) is 24.8. The molecule has 1 N–H and O–H groups in total. The molecule has 3 aromatic rings. The van der Waals surface area contributed by atoms with Crippen LogP contribution >= 0.6 is 0 Å². The van der Waals surface area contributed by atoms with E-state index in [4.69, 9.17) is 14.2 Å². The molecule has 2 amide bonds. The Balaban J connectivity index is 2.09. The highest BCUT2D eigenvalue weighted by molar-refractivity contribution is 7.92. The van der Waals surface area contributed by atoms with E-state index in [0.29, 0.717) is 30.2 Å². The molecule has 0 aliphatic rings. The number of nitrogens with one attached hydrogen (secondary N) is 1. The first-order valence-electron chi connectivity index (χ1n) is 13.2. The summed E-state index contributed by atoms with van der Waals surface area (Å²) in [4.78, 5) is 28.6. The van der Waals surface area contributed by atoms with Crippen molar-refractivity contribution in [3.63, 3.8) is 0 Å². The van der Waals surface area contributed by atoms with E-state index in [1.54, 1.807) is 75.6 Å². The second-order valence-corrected chi connectivity index (χ2v) is 10.9. The maximum atomic E-state index is 14.1. The number of methoxy groups -OCH3 is 3. The Hall–Kier alpha value is -4.25. The molecule has 1 atom stereocenters. The van der Waals surface area contributed by atoms with Crippen molar-refractivity contribution in [2.45, 2.75) is 37.8 Å². The van der Waals surface area contributed by atoms with Crippen LogP contribution in [-0.2, 0) is 26.2 Å². The molecule has 0 aliphatic carbocycles. The van der Waals surface area contributed by atoms with Gasteiger partial charge in [-0.1, -0.05) is 37.3 Å². The highest BCUT2D eigenvalue weighted by Crippen LogP contribution is 2.34. The molecule has 0 saturated heterocycles. The van der Waals surface area contributed by atoms with Gasteiger partial charge in [-0.05, 0) is 55.3 Å². The summed E-state index contributed by atoms with van der Waals surface area (Å²) in [5.41, 5.74) is 0.959. The average molecular weight is 584 g/mol. The van der Waals surface area contributed by atoms with Crippen molar-refractivity contribution in [3.05, 3.63) is 78.4 Å². The molecule has 3 rings (SSSR count). The molecule has 0 aliphatic heterocycles. The fraction of sp³-hybridized carbons (Fsp3) is 0.333. The van der Waals surface area contributed by atoms with Crippen molar-refractivity contribution in [2.24, 2.45) is 0 Å². The van der Waals surface area contributed by atoms with Gasteiger partial charge in [0.15, 0.2) is 11.5 Å². The number of sulfonamides is 1. The lowest BCUT2D eigenvalue weighted by molar-refractivity contribution is -0.140. The lowest BCUT2D eigenvalue weighted by atomic mass is 10.1. The minimum Gasteiger partial charge on any atom is -0.497 e. The monoisotopic (exact) mass is 583 g/mol. The lowest BCUT2D eigenvalue weighted by Gasteiger charge is -2.33. The molecule has 1 unspecified atom stereocenters. The number of anilines is 1. The number of carbonyl (C=O) groups is 2. The number of hydrogen-bond acceptors (Lipinski definition) is 7. The second kappa shape index (κ2) is 14.4. The lowest BCUT2D eigenvalue weighted by Crippen LogP contribution is -2.52. The molecule has 0 aromatic heterocycles. The predicted molar refractivity (Wildman–Crippen MR) is 157 cm³/mol. The van der Waals surface area contributed by atoms with Gasteiger partial charge in [-0.25, -0.2) is 8.42 Å². The van der Waals surface area contributed by atoms with Crippen LogP contribution in [-0.4, -0.2) is 65.6 Å². The van der Waals surface area contributed by atoms with Gasteiger partial charge in [0, 0.05) is 19.2 Å². The van der Waals surface area contributed by atoms with Gasteiger partial charge in [0.1, 0.15) is 18.3 Å². The van der Waals surface area contributed by atoms with Crippen molar-refractivity contribution in [2.75, 3.05) is 38.7 Å². The van der Waals surface area contributed by atoms with E-state index in [0.717, 1.165) is 9.87 Å². The topological polar surface area (TPSA) is 114 Å². The number of rotatable bonds is 14. The fourth-order valence-corrected chi connectivity index (χ4v) is 5.79. The van der Waals surface area contributed by atoms with Gasteiger partial charge in [0.05, 0.1) is 31.9 Å². The van der Waals surface area contributed by atoms with E-state index in [2.05, 4.69) is 5.32 Å². The molecule has 3 aromatic carbocycles. The maximum Gasteiger partial charge on any atom is 0.264 e. The quantitative estimate of drug-likeness (QED) is 0.307. The summed E-state index contributed by atoms with van der Waals surface area (Å²) < 4.78 is 44.9. The Morgan fingerprint density at radius 1 is 0.854 bits per heavy atom. The minimum atomic E-state index is -4.20. The first-order chi connectivity index (χ1) is 19.7. The third-order valence-corrected chi connectivity index (χ3v) is 8.30. The molecular formula is C30H37N3O7S. The summed E-state index contributed by atoms with van der Waals surface area (Å²) in [6.45, 7) is 3.52. The highest BCUT2D eigenvalue weighted by atomic mass is 32.2. The largest absolute Gasteiger partial charge is 0.497 e. The third-order valence-electron chi connectivity index (χ3n) is 6.51. The molecule has 220 valence electrons. The minimum absolute atomic E-state index is 0.0139. The number of benzene rings is 3. The SMILES string of the molecule is CCNC(=O)C(CC)N(Cc1ccc(OC)cc1)C(=O)CN(c1ccc(OC)c(OC)c1)S(=O)(=O)c1ccccc1. The molecule has 41 heavy (non-hydrogen) atoms. The Morgan fingerprint density at radius 2 is 1.51 bits per heavy atom. The van der Waals surface area contributed by atoms with E-state index >= 15 is 0 Å². The van der Waals surface area contributed by atoms with Crippen LogP contribution in [0.3, 0.4) is 0 Å². The van der Waals surface area contributed by atoms with Gasteiger partial charge < -0.3 is 24.4 Å². The average Bonchev–Trinajstić information content (AvgIpc) is 3.00. The van der Waals surface area contributed by atoms with Gasteiger partial charge in [0.25, 0.3) is 10.0 Å². The first-order valence-corrected chi connectivity index (χ1v) is 14.6. The summed E-state index contributed by atoms with van der Waals surface area (Å²) in [5.74, 6) is 0.488. The van der Waals surface area contributed by atoms with Crippen molar-refractivity contribution in [3.8, 4) is 17.2 Å². The van der Waals surface area contributed by atoms with Crippen LogP contribution in [0, 0.1) is 0 Å². The van der Waals surface area contributed by atoms with E-state index in [1.807, 2.05) is 0 Å². The van der Waals surface area contributed by atoms with Crippen molar-refractivity contribution in [1.82, 2.24) is 10.2 Å². The zero-order valence-electron chi connectivity index (χ0n) is 24.0. The third kappa shape index (κ3) is 7.49. The number of carbonyl (C=O) groups excluding carboxylic acids is 2. The van der Waals surface area contributed by atoms with Crippen molar-refractivity contribution >= 4 is 27.5 Å². The van der Waals surface area contributed by atoms with Gasteiger partial charge in [-0.15, -0.1) is 0 Å².